The summed E-state index contributed by atoms with van der Waals surface area (Å²) in [5.74, 6) is 3.68. The third-order valence-electron chi connectivity index (χ3n) is 3.15. The Bertz CT molecular complexity index is 594. The van der Waals surface area contributed by atoms with E-state index in [0.717, 1.165) is 6.07 Å². The Balaban J connectivity index is 2.17. The molecule has 0 amide bonds. The Morgan fingerprint density at radius 3 is 2.29 bits per heavy atom. The van der Waals surface area contributed by atoms with Gasteiger partial charge in [0.15, 0.2) is 0 Å². The average molecular weight is 315 g/mol. The third kappa shape index (κ3) is 4.20. The second kappa shape index (κ2) is 6.93. The molecule has 2 aromatic carbocycles. The molecule has 0 saturated heterocycles. The molecule has 112 valence electrons. The van der Waals surface area contributed by atoms with Crippen LogP contribution in [0.1, 0.15) is 11.1 Å². The molecule has 21 heavy (non-hydrogen) atoms. The average Bonchev–Trinajstić information content (AvgIpc) is 2.40. The van der Waals surface area contributed by atoms with E-state index in [1.165, 1.54) is 24.3 Å². The van der Waals surface area contributed by atoms with Gasteiger partial charge in [-0.15, -0.1) is 0 Å². The summed E-state index contributed by atoms with van der Waals surface area (Å²) in [5.41, 5.74) is 3.27. The van der Waals surface area contributed by atoms with Crippen LogP contribution in [0.15, 0.2) is 36.4 Å². The molecule has 6 heteroatoms. The summed E-state index contributed by atoms with van der Waals surface area (Å²) in [6.45, 7) is 0. The van der Waals surface area contributed by atoms with Crippen LogP contribution >= 0.6 is 11.6 Å². The molecule has 0 aliphatic heterocycles. The highest BCUT2D eigenvalue weighted by Gasteiger charge is 2.15. The van der Waals surface area contributed by atoms with Gasteiger partial charge >= 0.3 is 0 Å². The molecule has 0 aliphatic carbocycles. The fraction of sp³-hybridized carbons (Fsp3) is 0.200. The molecule has 0 fully saturated rings. The van der Waals surface area contributed by atoms with Crippen LogP contribution in [0.3, 0.4) is 0 Å². The van der Waals surface area contributed by atoms with Crippen molar-refractivity contribution in [2.75, 3.05) is 0 Å². The van der Waals surface area contributed by atoms with Gasteiger partial charge in [0.1, 0.15) is 17.5 Å². The van der Waals surface area contributed by atoms with Crippen LogP contribution in [0.25, 0.3) is 0 Å². The van der Waals surface area contributed by atoms with E-state index in [9.17, 15) is 13.2 Å². The summed E-state index contributed by atoms with van der Waals surface area (Å²) >= 11 is 5.96. The van der Waals surface area contributed by atoms with Gasteiger partial charge in [0.2, 0.25) is 0 Å². The lowest BCUT2D eigenvalue weighted by molar-refractivity contribution is 0.502. The second-order valence-electron chi connectivity index (χ2n) is 4.75. The van der Waals surface area contributed by atoms with Crippen LogP contribution < -0.4 is 11.3 Å². The monoisotopic (exact) mass is 314 g/mol. The molecule has 0 saturated carbocycles. The molecule has 0 aromatic heterocycles. The topological polar surface area (TPSA) is 38.0 Å². The standard InChI is InChI=1S/C15H14ClF3N2/c16-14-2-1-3-15(19)13(14)8-12(21-20)6-9-4-10(17)7-11(18)5-9/h1-5,7,12,21H,6,8,20H2. The van der Waals surface area contributed by atoms with Crippen molar-refractivity contribution in [2.45, 2.75) is 18.9 Å². The van der Waals surface area contributed by atoms with Gasteiger partial charge in [-0.1, -0.05) is 17.7 Å². The highest BCUT2D eigenvalue weighted by atomic mass is 35.5. The summed E-state index contributed by atoms with van der Waals surface area (Å²) in [7, 11) is 0. The fourth-order valence-electron chi connectivity index (χ4n) is 2.18. The van der Waals surface area contributed by atoms with Gasteiger partial charge in [0, 0.05) is 22.7 Å². The van der Waals surface area contributed by atoms with E-state index in [1.54, 1.807) is 6.07 Å². The van der Waals surface area contributed by atoms with Crippen LogP contribution in [0.5, 0.6) is 0 Å². The van der Waals surface area contributed by atoms with E-state index in [-0.39, 0.29) is 12.8 Å². The molecule has 3 N–H and O–H groups in total. The van der Waals surface area contributed by atoms with Crippen LogP contribution in [-0.4, -0.2) is 6.04 Å². The summed E-state index contributed by atoms with van der Waals surface area (Å²) in [6, 6.07) is 7.22. The first-order valence-corrected chi connectivity index (χ1v) is 6.71. The minimum atomic E-state index is -0.662. The summed E-state index contributed by atoms with van der Waals surface area (Å²) in [5, 5.41) is 0.292. The number of rotatable bonds is 5. The second-order valence-corrected chi connectivity index (χ2v) is 5.16. The Morgan fingerprint density at radius 1 is 1.05 bits per heavy atom. The minimum absolute atomic E-state index is 0.208. The molecule has 0 bridgehead atoms. The van der Waals surface area contributed by atoms with Crippen LogP contribution in [-0.2, 0) is 12.8 Å². The van der Waals surface area contributed by atoms with Gasteiger partial charge in [-0.3, -0.25) is 11.3 Å². The summed E-state index contributed by atoms with van der Waals surface area (Å²) < 4.78 is 40.1. The van der Waals surface area contributed by atoms with Crippen LogP contribution in [0.2, 0.25) is 5.02 Å². The van der Waals surface area contributed by atoms with Gasteiger partial charge in [-0.2, -0.15) is 0 Å². The smallest absolute Gasteiger partial charge is 0.127 e. The number of halogens is 4. The van der Waals surface area contributed by atoms with Gasteiger partial charge < -0.3 is 0 Å². The predicted molar refractivity (Wildman–Crippen MR) is 76.3 cm³/mol. The van der Waals surface area contributed by atoms with Crippen molar-refractivity contribution in [1.29, 1.82) is 0 Å². The maximum absolute atomic E-state index is 13.7. The van der Waals surface area contributed by atoms with Crippen molar-refractivity contribution in [3.63, 3.8) is 0 Å². The van der Waals surface area contributed by atoms with Crippen molar-refractivity contribution >= 4 is 11.6 Å². The molecule has 1 atom stereocenters. The molecule has 0 spiro atoms. The van der Waals surface area contributed by atoms with Gasteiger partial charge in [0.05, 0.1) is 0 Å². The molecule has 0 aliphatic rings. The zero-order valence-electron chi connectivity index (χ0n) is 11.0. The molecular weight excluding hydrogens is 301 g/mol. The van der Waals surface area contributed by atoms with Gasteiger partial charge in [-0.05, 0) is 42.7 Å². The fourth-order valence-corrected chi connectivity index (χ4v) is 2.42. The Morgan fingerprint density at radius 2 is 1.71 bits per heavy atom. The van der Waals surface area contributed by atoms with Crippen molar-refractivity contribution in [2.24, 2.45) is 5.84 Å². The van der Waals surface area contributed by atoms with E-state index in [4.69, 9.17) is 17.4 Å². The maximum atomic E-state index is 13.7. The van der Waals surface area contributed by atoms with E-state index in [0.29, 0.717) is 16.1 Å². The molecule has 0 heterocycles. The lowest BCUT2D eigenvalue weighted by Crippen LogP contribution is -2.38. The molecular formula is C15H14ClF3N2. The van der Waals surface area contributed by atoms with Gasteiger partial charge in [-0.25, -0.2) is 13.2 Å². The number of nitrogens with two attached hydrogens (primary N) is 1. The SMILES string of the molecule is NNC(Cc1cc(F)cc(F)c1)Cc1c(F)cccc1Cl. The zero-order chi connectivity index (χ0) is 15.4. The zero-order valence-corrected chi connectivity index (χ0v) is 11.8. The highest BCUT2D eigenvalue weighted by molar-refractivity contribution is 6.31. The van der Waals surface area contributed by atoms with Crippen molar-refractivity contribution < 1.29 is 13.2 Å². The van der Waals surface area contributed by atoms with Crippen molar-refractivity contribution in [3.8, 4) is 0 Å². The van der Waals surface area contributed by atoms with E-state index >= 15 is 0 Å². The molecule has 2 rings (SSSR count). The quantitative estimate of drug-likeness (QED) is 0.656. The Kier molecular flexibility index (Phi) is 5.22. The third-order valence-corrected chi connectivity index (χ3v) is 3.51. The largest absolute Gasteiger partial charge is 0.271 e. The number of hydrazine groups is 1. The lowest BCUT2D eigenvalue weighted by atomic mass is 9.99. The first kappa shape index (κ1) is 15.8. The maximum Gasteiger partial charge on any atom is 0.127 e. The van der Waals surface area contributed by atoms with Crippen LogP contribution in [0, 0.1) is 17.5 Å². The highest BCUT2D eigenvalue weighted by Crippen LogP contribution is 2.21. The normalized spacial score (nSPS) is 12.4. The first-order valence-electron chi connectivity index (χ1n) is 6.33. The number of hydrogen-bond acceptors (Lipinski definition) is 2. The van der Waals surface area contributed by atoms with E-state index in [2.05, 4.69) is 5.43 Å². The Hall–Kier alpha value is -1.56. The number of nitrogens with one attached hydrogen (secondary N) is 1. The van der Waals surface area contributed by atoms with Gasteiger partial charge in [0.25, 0.3) is 0 Å². The lowest BCUT2D eigenvalue weighted by Gasteiger charge is -2.17. The van der Waals surface area contributed by atoms with Crippen molar-refractivity contribution in [1.82, 2.24) is 5.43 Å². The number of benzene rings is 2. The molecule has 1 unspecified atom stereocenters. The van der Waals surface area contributed by atoms with Crippen LogP contribution in [0.4, 0.5) is 13.2 Å². The molecule has 0 radical (unpaired) electrons. The molecule has 2 nitrogen and oxygen atoms in total. The van der Waals surface area contributed by atoms with E-state index < -0.39 is 23.5 Å². The summed E-state index contributed by atoms with van der Waals surface area (Å²) in [4.78, 5) is 0. The Labute approximate surface area is 125 Å². The van der Waals surface area contributed by atoms with E-state index in [1.807, 2.05) is 0 Å². The van der Waals surface area contributed by atoms with Crippen molar-refractivity contribution in [3.05, 3.63) is 70.0 Å². The predicted octanol–water partition coefficient (Wildman–Crippen LogP) is 3.37. The first-order chi connectivity index (χ1) is 9.99. The number of hydrogen-bond donors (Lipinski definition) is 2. The molecule has 2 aromatic rings. The minimum Gasteiger partial charge on any atom is -0.271 e. The summed E-state index contributed by atoms with van der Waals surface area (Å²) in [6.07, 6.45) is 0.454.